The van der Waals surface area contributed by atoms with Gasteiger partial charge in [-0.3, -0.25) is 4.99 Å². The highest BCUT2D eigenvalue weighted by molar-refractivity contribution is 5.25. The Balaban J connectivity index is 3.91. The lowest BCUT2D eigenvalue weighted by atomic mass is 10.1. The Bertz CT molecular complexity index is 136. The summed E-state index contributed by atoms with van der Waals surface area (Å²) in [5, 5.41) is 0. The summed E-state index contributed by atoms with van der Waals surface area (Å²) >= 11 is 0. The van der Waals surface area contributed by atoms with E-state index in [1.165, 1.54) is 18.4 Å². The van der Waals surface area contributed by atoms with Gasteiger partial charge in [-0.05, 0) is 26.5 Å². The second-order valence-electron chi connectivity index (χ2n) is 2.92. The van der Waals surface area contributed by atoms with Crippen LogP contribution in [0.1, 0.15) is 40.0 Å². The molecule has 0 heterocycles. The van der Waals surface area contributed by atoms with Gasteiger partial charge in [-0.2, -0.15) is 0 Å². The van der Waals surface area contributed by atoms with Crippen molar-refractivity contribution in [3.05, 3.63) is 11.6 Å². The van der Waals surface area contributed by atoms with Crippen molar-refractivity contribution in [3.8, 4) is 0 Å². The van der Waals surface area contributed by atoms with E-state index < -0.39 is 0 Å². The molecule has 0 fully saturated rings. The standard InChI is InChI=1S/C10H19N/c1-5-7-9(3)8-10(6-2)11-4/h8,10H,4-7H2,1-3H3/b9-8-/t10-/m0/s1. The Hall–Kier alpha value is -0.590. The normalized spacial score (nSPS) is 14.6. The van der Waals surface area contributed by atoms with E-state index in [2.05, 4.69) is 38.6 Å². The van der Waals surface area contributed by atoms with Gasteiger partial charge in [-0.15, -0.1) is 0 Å². The van der Waals surface area contributed by atoms with Crippen LogP contribution in [0.25, 0.3) is 0 Å². The SMILES string of the molecule is C=N[C@H](/C=C(/C)CCC)CC. The van der Waals surface area contributed by atoms with E-state index in [-0.39, 0.29) is 0 Å². The Labute approximate surface area is 70.2 Å². The van der Waals surface area contributed by atoms with Crippen LogP contribution in [0.5, 0.6) is 0 Å². The summed E-state index contributed by atoms with van der Waals surface area (Å²) < 4.78 is 0. The number of rotatable bonds is 5. The first-order valence-corrected chi connectivity index (χ1v) is 4.37. The first-order chi connectivity index (χ1) is 5.24. The summed E-state index contributed by atoms with van der Waals surface area (Å²) in [6.45, 7) is 10.0. The van der Waals surface area contributed by atoms with Gasteiger partial charge in [0.2, 0.25) is 0 Å². The maximum Gasteiger partial charge on any atom is 0.0672 e. The second-order valence-corrected chi connectivity index (χ2v) is 2.92. The highest BCUT2D eigenvalue weighted by atomic mass is 14.7. The molecular formula is C10H19N. The minimum atomic E-state index is 0.335. The third-order valence-electron chi connectivity index (χ3n) is 1.77. The van der Waals surface area contributed by atoms with Crippen molar-refractivity contribution in [1.82, 2.24) is 0 Å². The topological polar surface area (TPSA) is 12.4 Å². The zero-order valence-corrected chi connectivity index (χ0v) is 7.93. The minimum Gasteiger partial charge on any atom is -0.293 e. The van der Waals surface area contributed by atoms with Crippen molar-refractivity contribution in [2.24, 2.45) is 4.99 Å². The van der Waals surface area contributed by atoms with E-state index in [0.29, 0.717) is 6.04 Å². The van der Waals surface area contributed by atoms with Crippen molar-refractivity contribution in [3.63, 3.8) is 0 Å². The highest BCUT2D eigenvalue weighted by Gasteiger charge is 1.96. The lowest BCUT2D eigenvalue weighted by Gasteiger charge is -2.04. The van der Waals surface area contributed by atoms with Crippen LogP contribution in [0.15, 0.2) is 16.6 Å². The molecule has 0 rings (SSSR count). The number of hydrogen-bond acceptors (Lipinski definition) is 1. The number of aliphatic imine (C=N–C) groups is 1. The Kier molecular flexibility index (Phi) is 5.81. The predicted octanol–water partition coefficient (Wildman–Crippen LogP) is 3.21. The predicted molar refractivity (Wildman–Crippen MR) is 52.3 cm³/mol. The number of hydrogen-bond donors (Lipinski definition) is 0. The molecule has 0 aromatic carbocycles. The van der Waals surface area contributed by atoms with Crippen LogP contribution in [0.3, 0.4) is 0 Å². The molecule has 11 heavy (non-hydrogen) atoms. The first-order valence-electron chi connectivity index (χ1n) is 4.37. The molecule has 0 aliphatic rings. The molecule has 0 saturated heterocycles. The molecule has 64 valence electrons. The average Bonchev–Trinajstić information content (AvgIpc) is 2.01. The molecule has 1 heteroatoms. The summed E-state index contributed by atoms with van der Waals surface area (Å²) in [6, 6.07) is 0.335. The molecule has 1 atom stereocenters. The highest BCUT2D eigenvalue weighted by Crippen LogP contribution is 2.08. The van der Waals surface area contributed by atoms with Crippen LogP contribution in [0.4, 0.5) is 0 Å². The third-order valence-corrected chi connectivity index (χ3v) is 1.77. The summed E-state index contributed by atoms with van der Waals surface area (Å²) in [7, 11) is 0. The minimum absolute atomic E-state index is 0.335. The molecular weight excluding hydrogens is 134 g/mol. The Morgan fingerprint density at radius 1 is 1.55 bits per heavy atom. The quantitative estimate of drug-likeness (QED) is 0.425. The monoisotopic (exact) mass is 153 g/mol. The van der Waals surface area contributed by atoms with E-state index >= 15 is 0 Å². The van der Waals surface area contributed by atoms with Crippen molar-refractivity contribution >= 4 is 6.72 Å². The maximum atomic E-state index is 4.00. The second kappa shape index (κ2) is 6.14. The van der Waals surface area contributed by atoms with E-state index in [4.69, 9.17) is 0 Å². The van der Waals surface area contributed by atoms with Crippen molar-refractivity contribution in [2.75, 3.05) is 0 Å². The molecule has 1 nitrogen and oxygen atoms in total. The molecule has 0 aromatic rings. The van der Waals surface area contributed by atoms with Crippen LogP contribution in [0.2, 0.25) is 0 Å². The molecule has 0 bridgehead atoms. The van der Waals surface area contributed by atoms with Gasteiger partial charge in [0, 0.05) is 0 Å². The third kappa shape index (κ3) is 4.77. The van der Waals surface area contributed by atoms with E-state index in [0.717, 1.165) is 6.42 Å². The van der Waals surface area contributed by atoms with Gasteiger partial charge < -0.3 is 0 Å². The molecule has 0 aliphatic carbocycles. The number of nitrogens with zero attached hydrogens (tertiary/aromatic N) is 1. The van der Waals surface area contributed by atoms with Gasteiger partial charge in [-0.25, -0.2) is 0 Å². The molecule has 0 N–H and O–H groups in total. The average molecular weight is 153 g/mol. The van der Waals surface area contributed by atoms with Crippen molar-refractivity contribution in [1.29, 1.82) is 0 Å². The van der Waals surface area contributed by atoms with Gasteiger partial charge in [0.05, 0.1) is 6.04 Å². The zero-order chi connectivity index (χ0) is 8.69. The van der Waals surface area contributed by atoms with Gasteiger partial charge in [-0.1, -0.05) is 31.9 Å². The molecule has 0 aromatic heterocycles. The van der Waals surface area contributed by atoms with Crippen molar-refractivity contribution < 1.29 is 0 Å². The first kappa shape index (κ1) is 10.4. The zero-order valence-electron chi connectivity index (χ0n) is 7.93. The lowest BCUT2D eigenvalue weighted by Crippen LogP contribution is -1.97. The fourth-order valence-electron chi connectivity index (χ4n) is 1.11. The molecule has 0 unspecified atom stereocenters. The molecule has 0 saturated carbocycles. The molecule has 0 amide bonds. The molecule has 0 spiro atoms. The fraction of sp³-hybridized carbons (Fsp3) is 0.700. The van der Waals surface area contributed by atoms with Gasteiger partial charge in [0.15, 0.2) is 0 Å². The lowest BCUT2D eigenvalue weighted by molar-refractivity contribution is 0.772. The molecule has 0 aliphatic heterocycles. The van der Waals surface area contributed by atoms with Gasteiger partial charge >= 0.3 is 0 Å². The Morgan fingerprint density at radius 3 is 2.55 bits per heavy atom. The maximum absolute atomic E-state index is 4.00. The summed E-state index contributed by atoms with van der Waals surface area (Å²) in [6.07, 6.45) is 5.68. The summed E-state index contributed by atoms with van der Waals surface area (Å²) in [5.74, 6) is 0. The van der Waals surface area contributed by atoms with Crippen LogP contribution in [-0.4, -0.2) is 12.8 Å². The summed E-state index contributed by atoms with van der Waals surface area (Å²) in [5.41, 5.74) is 1.44. The van der Waals surface area contributed by atoms with Crippen LogP contribution in [0, 0.1) is 0 Å². The Morgan fingerprint density at radius 2 is 2.18 bits per heavy atom. The molecule has 0 radical (unpaired) electrons. The van der Waals surface area contributed by atoms with Crippen LogP contribution in [-0.2, 0) is 0 Å². The fourth-order valence-corrected chi connectivity index (χ4v) is 1.11. The van der Waals surface area contributed by atoms with Crippen molar-refractivity contribution in [2.45, 2.75) is 46.1 Å². The van der Waals surface area contributed by atoms with E-state index in [1.807, 2.05) is 0 Å². The number of allylic oxidation sites excluding steroid dienone is 1. The van der Waals surface area contributed by atoms with Gasteiger partial charge in [0.25, 0.3) is 0 Å². The smallest absolute Gasteiger partial charge is 0.0672 e. The van der Waals surface area contributed by atoms with E-state index in [9.17, 15) is 0 Å². The van der Waals surface area contributed by atoms with Crippen LogP contribution >= 0.6 is 0 Å². The van der Waals surface area contributed by atoms with Crippen LogP contribution < -0.4 is 0 Å². The van der Waals surface area contributed by atoms with Gasteiger partial charge in [0.1, 0.15) is 0 Å². The van der Waals surface area contributed by atoms with E-state index in [1.54, 1.807) is 0 Å². The summed E-state index contributed by atoms with van der Waals surface area (Å²) in [4.78, 5) is 4.00. The largest absolute Gasteiger partial charge is 0.293 e.